The lowest BCUT2D eigenvalue weighted by Gasteiger charge is -2.34. The quantitative estimate of drug-likeness (QED) is 0.0744. The van der Waals surface area contributed by atoms with Gasteiger partial charge < -0.3 is 28.4 Å². The van der Waals surface area contributed by atoms with E-state index in [0.29, 0.717) is 56.9 Å². The highest BCUT2D eigenvalue weighted by molar-refractivity contribution is 7.88. The topological polar surface area (TPSA) is 142 Å². The number of pyridine rings is 1. The van der Waals surface area contributed by atoms with E-state index >= 15 is 0 Å². The predicted octanol–water partition coefficient (Wildman–Crippen LogP) is 8.17. The van der Waals surface area contributed by atoms with E-state index < -0.39 is 31.3 Å². The highest BCUT2D eigenvalue weighted by Gasteiger charge is 2.49. The summed E-state index contributed by atoms with van der Waals surface area (Å²) in [5.74, 6) is -0.228. The zero-order valence-corrected chi connectivity index (χ0v) is 36.7. The van der Waals surface area contributed by atoms with E-state index in [1.54, 1.807) is 35.4 Å². The summed E-state index contributed by atoms with van der Waals surface area (Å²) < 4.78 is 142. The van der Waals surface area contributed by atoms with Gasteiger partial charge in [0, 0.05) is 64.2 Å². The van der Waals surface area contributed by atoms with Crippen LogP contribution in [0.15, 0.2) is 97.2 Å². The van der Waals surface area contributed by atoms with Crippen molar-refractivity contribution in [3.8, 4) is 11.5 Å². The number of halogens is 7. The van der Waals surface area contributed by atoms with Crippen LogP contribution in [0.4, 0.5) is 47.0 Å². The number of nitrogens with one attached hydrogen (secondary N) is 1. The molecule has 1 aromatic heterocycles. The van der Waals surface area contributed by atoms with E-state index in [2.05, 4.69) is 28.5 Å². The molecule has 3 aliphatic rings. The summed E-state index contributed by atoms with van der Waals surface area (Å²) >= 11 is 0. The number of piperidine rings is 1. The molecule has 0 spiro atoms. The Morgan fingerprint density at radius 1 is 0.692 bits per heavy atom. The van der Waals surface area contributed by atoms with Crippen LogP contribution >= 0.6 is 0 Å². The van der Waals surface area contributed by atoms with Crippen LogP contribution < -0.4 is 18.6 Å². The van der Waals surface area contributed by atoms with Crippen molar-refractivity contribution in [1.29, 1.82) is 0 Å². The highest BCUT2D eigenvalue weighted by atomic mass is 32.2. The largest absolute Gasteiger partial charge is 0.534 e. The van der Waals surface area contributed by atoms with Crippen LogP contribution in [0.5, 0.6) is 11.5 Å². The summed E-state index contributed by atoms with van der Waals surface area (Å²) in [5.41, 5.74) is -8.90. The van der Waals surface area contributed by atoms with E-state index in [4.69, 9.17) is 0 Å². The van der Waals surface area contributed by atoms with Crippen LogP contribution in [0.3, 0.4) is 0 Å². The Labute approximate surface area is 373 Å². The van der Waals surface area contributed by atoms with Crippen LogP contribution in [0.2, 0.25) is 0 Å². The van der Waals surface area contributed by atoms with Gasteiger partial charge in [0.15, 0.2) is 0 Å². The average Bonchev–Trinajstić information content (AvgIpc) is 3.95. The molecule has 0 radical (unpaired) electrons. The summed E-state index contributed by atoms with van der Waals surface area (Å²) in [5, 5.41) is 3.23. The minimum Gasteiger partial charge on any atom is -0.376 e. The number of nitrogens with zero attached hydrogens (tertiary/aromatic N) is 5. The van der Waals surface area contributed by atoms with Crippen molar-refractivity contribution in [2.45, 2.75) is 55.0 Å². The number of hydrogen-bond acceptors (Lipinski definition) is 11. The summed E-state index contributed by atoms with van der Waals surface area (Å²) in [6.07, 6.45) is 6.24. The number of hydrogen-bond donors (Lipinski definition) is 1. The van der Waals surface area contributed by atoms with Crippen molar-refractivity contribution in [3.63, 3.8) is 0 Å². The molecule has 2 amide bonds. The zero-order valence-electron chi connectivity index (χ0n) is 35.1. The monoisotopic (exact) mass is 958 g/mol. The second kappa shape index (κ2) is 21.4. The van der Waals surface area contributed by atoms with Crippen molar-refractivity contribution in [3.05, 3.63) is 114 Å². The Kier molecular flexibility index (Phi) is 16.2. The lowest BCUT2D eigenvalue weighted by atomic mass is 9.98. The molecule has 0 aliphatic carbocycles. The van der Waals surface area contributed by atoms with E-state index in [0.717, 1.165) is 63.2 Å². The average molecular weight is 959 g/mol. The Morgan fingerprint density at radius 3 is 1.74 bits per heavy atom. The van der Waals surface area contributed by atoms with Crippen molar-refractivity contribution in [2.75, 3.05) is 75.7 Å². The first kappa shape index (κ1) is 49.2. The number of amides is 2. The molecule has 2 atom stereocenters. The molecule has 3 aromatic carbocycles. The second-order valence-corrected chi connectivity index (χ2v) is 18.9. The summed E-state index contributed by atoms with van der Waals surface area (Å²) in [4.78, 5) is 25.3. The molecule has 1 N–H and O–H groups in total. The summed E-state index contributed by atoms with van der Waals surface area (Å²) in [6.45, 7) is 6.70. The number of rotatable bonds is 14. The molecule has 7 rings (SSSR count). The Bertz CT molecular complexity index is 2410. The SMILES string of the molecule is O=C(N1CCCCC1)N(CCN1CCC(c2cccc(OS(=O)(=O)C(F)(F)F)c2)C1)c1ccc(F)cc1.O=S(=O)(Oc1cccc(C2CCN(CCNc3ccccn3)C2)c1)C(F)(F)F. The maximum absolute atomic E-state index is 13.5. The molecule has 2 unspecified atom stereocenters. The van der Waals surface area contributed by atoms with Gasteiger partial charge >= 0.3 is 37.3 Å². The van der Waals surface area contributed by atoms with Crippen LogP contribution in [0.1, 0.15) is 55.1 Å². The summed E-state index contributed by atoms with van der Waals surface area (Å²) in [7, 11) is -11.4. The molecular weight excluding hydrogens is 910 g/mol. The third-order valence-electron chi connectivity index (χ3n) is 11.2. The normalized spacial score (nSPS) is 18.7. The van der Waals surface area contributed by atoms with Gasteiger partial charge in [0.1, 0.15) is 23.1 Å². The smallest absolute Gasteiger partial charge is 0.376 e. The van der Waals surface area contributed by atoms with Gasteiger partial charge in [-0.15, -0.1) is 0 Å². The number of carbonyl (C=O) groups excluding carboxylic acids is 1. The molecule has 3 saturated heterocycles. The first-order valence-corrected chi connectivity index (χ1v) is 23.7. The number of benzene rings is 3. The molecule has 4 heterocycles. The molecule has 22 heteroatoms. The maximum atomic E-state index is 13.5. The first-order chi connectivity index (χ1) is 30.8. The molecular formula is C43H49F7N6O7S2. The number of aromatic nitrogens is 1. The molecule has 4 aromatic rings. The Morgan fingerprint density at radius 2 is 1.23 bits per heavy atom. The van der Waals surface area contributed by atoms with Gasteiger partial charge in [-0.25, -0.2) is 14.2 Å². The molecule has 13 nitrogen and oxygen atoms in total. The molecule has 0 bridgehead atoms. The van der Waals surface area contributed by atoms with Crippen molar-refractivity contribution in [1.82, 2.24) is 19.7 Å². The van der Waals surface area contributed by atoms with Crippen molar-refractivity contribution >= 4 is 37.8 Å². The van der Waals surface area contributed by atoms with Crippen LogP contribution in [-0.4, -0.2) is 119 Å². The van der Waals surface area contributed by atoms with Gasteiger partial charge in [-0.2, -0.15) is 43.2 Å². The minimum absolute atomic E-state index is 0.0331. The van der Waals surface area contributed by atoms with Gasteiger partial charge in [-0.1, -0.05) is 30.3 Å². The van der Waals surface area contributed by atoms with Gasteiger partial charge in [0.25, 0.3) is 0 Å². The number of alkyl halides is 6. The zero-order chi connectivity index (χ0) is 46.8. The number of urea groups is 1. The predicted molar refractivity (Wildman–Crippen MR) is 229 cm³/mol. The fourth-order valence-electron chi connectivity index (χ4n) is 7.87. The van der Waals surface area contributed by atoms with Gasteiger partial charge in [-0.05, 0) is 129 Å². The number of anilines is 2. The van der Waals surface area contributed by atoms with Crippen LogP contribution in [0.25, 0.3) is 0 Å². The Balaban J connectivity index is 0.000000224. The Hall–Kier alpha value is -5.19. The van der Waals surface area contributed by atoms with Gasteiger partial charge in [0.2, 0.25) is 0 Å². The van der Waals surface area contributed by atoms with Crippen molar-refractivity contribution < 1.29 is 60.7 Å². The lowest BCUT2D eigenvalue weighted by Crippen LogP contribution is -2.48. The second-order valence-electron chi connectivity index (χ2n) is 15.8. The van der Waals surface area contributed by atoms with E-state index in [-0.39, 0.29) is 35.2 Å². The minimum atomic E-state index is -5.74. The van der Waals surface area contributed by atoms with E-state index in [9.17, 15) is 52.4 Å². The molecule has 3 fully saturated rings. The fraction of sp³-hybridized carbons (Fsp3) is 0.442. The van der Waals surface area contributed by atoms with Crippen molar-refractivity contribution in [2.24, 2.45) is 0 Å². The number of carbonyl (C=O) groups is 1. The lowest BCUT2D eigenvalue weighted by molar-refractivity contribution is -0.0504. The van der Waals surface area contributed by atoms with E-state index in [1.165, 1.54) is 48.5 Å². The first-order valence-electron chi connectivity index (χ1n) is 20.9. The van der Waals surface area contributed by atoms with Crippen LogP contribution in [0, 0.1) is 5.82 Å². The molecule has 0 saturated carbocycles. The standard InChI is InChI=1S/C25H29F4N3O4S.C18H20F3N3O3S/c26-21-7-9-22(10-8-21)32(24(33)31-12-2-1-3-13-31)16-15-30-14-11-20(18-30)19-5-4-6-23(17-19)36-37(34,35)25(27,28)29;19-18(20,21)28(25,26)27-16-5-3-4-14(12-16)15-7-10-24(13-15)11-9-23-17-6-1-2-8-22-17/h4-10,17,20H,1-3,11-16,18H2;1-6,8,12,15H,7,9-11,13H2,(H,22,23). The van der Waals surface area contributed by atoms with Gasteiger partial charge in [-0.3, -0.25) is 4.90 Å². The third kappa shape index (κ3) is 13.7. The number of likely N-dealkylation sites (tertiary alicyclic amines) is 3. The maximum Gasteiger partial charge on any atom is 0.534 e. The summed E-state index contributed by atoms with van der Waals surface area (Å²) in [6, 6.07) is 22.9. The molecule has 65 heavy (non-hydrogen) atoms. The highest BCUT2D eigenvalue weighted by Crippen LogP contribution is 2.34. The molecule has 3 aliphatic heterocycles. The van der Waals surface area contributed by atoms with E-state index in [1.807, 2.05) is 23.1 Å². The van der Waals surface area contributed by atoms with Crippen LogP contribution in [-0.2, 0) is 20.2 Å². The third-order valence-corrected chi connectivity index (χ3v) is 13.2. The fourth-order valence-corrected chi connectivity index (χ4v) is 8.77. The van der Waals surface area contributed by atoms with Gasteiger partial charge in [0.05, 0.1) is 0 Å². The molecule has 354 valence electrons.